The molecule has 0 heterocycles. The Bertz CT molecular complexity index is 662. The second-order valence-corrected chi connectivity index (χ2v) is 6.03. The Hall–Kier alpha value is -1.95. The van der Waals surface area contributed by atoms with Gasteiger partial charge < -0.3 is 10.1 Å². The molecule has 0 radical (unpaired) electrons. The Morgan fingerprint density at radius 2 is 1.91 bits per heavy atom. The van der Waals surface area contributed by atoms with E-state index in [1.807, 2.05) is 31.2 Å². The number of hydrogen-bond donors (Lipinski definition) is 1. The van der Waals surface area contributed by atoms with Gasteiger partial charge in [-0.2, -0.15) is 8.78 Å². The van der Waals surface area contributed by atoms with Crippen LogP contribution >= 0.6 is 15.9 Å². The summed E-state index contributed by atoms with van der Waals surface area (Å²) in [5.41, 5.74) is 1.38. The molecule has 23 heavy (non-hydrogen) atoms. The van der Waals surface area contributed by atoms with Crippen LogP contribution in [0.3, 0.4) is 0 Å². The lowest BCUT2D eigenvalue weighted by Gasteiger charge is -2.14. The van der Waals surface area contributed by atoms with E-state index in [0.717, 1.165) is 10.0 Å². The molecule has 0 aliphatic rings. The molecule has 0 aliphatic heterocycles. The lowest BCUT2D eigenvalue weighted by molar-refractivity contribution is -0.0498. The maximum Gasteiger partial charge on any atom is 0.387 e. The van der Waals surface area contributed by atoms with Gasteiger partial charge in [-0.15, -0.1) is 0 Å². The zero-order valence-corrected chi connectivity index (χ0v) is 14.0. The van der Waals surface area contributed by atoms with E-state index in [-0.39, 0.29) is 23.3 Å². The van der Waals surface area contributed by atoms with E-state index in [1.165, 1.54) is 18.2 Å². The third-order valence-corrected chi connectivity index (χ3v) is 3.68. The molecule has 0 saturated heterocycles. The summed E-state index contributed by atoms with van der Waals surface area (Å²) in [7, 11) is 0. The average Bonchev–Trinajstić information content (AvgIpc) is 2.49. The smallest absolute Gasteiger partial charge is 0.387 e. The predicted molar refractivity (Wildman–Crippen MR) is 87.8 cm³/mol. The van der Waals surface area contributed by atoms with Crippen LogP contribution in [0, 0.1) is 0 Å². The van der Waals surface area contributed by atoms with Gasteiger partial charge in [0, 0.05) is 16.1 Å². The van der Waals surface area contributed by atoms with Crippen LogP contribution in [-0.2, 0) is 6.42 Å². The maximum absolute atomic E-state index is 12.2. The van der Waals surface area contributed by atoms with Gasteiger partial charge >= 0.3 is 6.61 Å². The van der Waals surface area contributed by atoms with Crippen LogP contribution in [-0.4, -0.2) is 18.6 Å². The lowest BCUT2D eigenvalue weighted by Crippen LogP contribution is -2.34. The first-order valence-corrected chi connectivity index (χ1v) is 7.83. The van der Waals surface area contributed by atoms with Gasteiger partial charge in [0.2, 0.25) is 0 Å². The van der Waals surface area contributed by atoms with E-state index in [1.54, 1.807) is 6.07 Å². The summed E-state index contributed by atoms with van der Waals surface area (Å²) >= 11 is 3.37. The van der Waals surface area contributed by atoms with Gasteiger partial charge in [-0.25, -0.2) is 0 Å². The van der Waals surface area contributed by atoms with E-state index in [9.17, 15) is 13.6 Å². The maximum atomic E-state index is 12.2. The van der Waals surface area contributed by atoms with Crippen molar-refractivity contribution < 1.29 is 18.3 Å². The van der Waals surface area contributed by atoms with Gasteiger partial charge in [-0.05, 0) is 49.2 Å². The monoisotopic (exact) mass is 383 g/mol. The first kappa shape index (κ1) is 17.4. The summed E-state index contributed by atoms with van der Waals surface area (Å²) < 4.78 is 29.7. The number of nitrogens with one attached hydrogen (secondary N) is 1. The standard InChI is InChI=1S/C17H16BrF2NO2/c1-11(9-12-5-7-14(18)8-6-12)21-16(22)13-3-2-4-15(10-13)23-17(19)20/h2-8,10-11,17H,9H2,1H3,(H,21,22). The molecule has 2 aromatic carbocycles. The SMILES string of the molecule is CC(Cc1ccc(Br)cc1)NC(=O)c1cccc(OC(F)F)c1. The summed E-state index contributed by atoms with van der Waals surface area (Å²) in [5.74, 6) is -0.359. The summed E-state index contributed by atoms with van der Waals surface area (Å²) in [5, 5.41) is 2.85. The van der Waals surface area contributed by atoms with Crippen molar-refractivity contribution in [2.45, 2.75) is 26.0 Å². The molecule has 1 atom stereocenters. The van der Waals surface area contributed by atoms with E-state index in [2.05, 4.69) is 26.0 Å². The zero-order chi connectivity index (χ0) is 16.8. The lowest BCUT2D eigenvalue weighted by atomic mass is 10.1. The molecule has 0 fully saturated rings. The fourth-order valence-electron chi connectivity index (χ4n) is 2.15. The minimum Gasteiger partial charge on any atom is -0.435 e. The van der Waals surface area contributed by atoms with E-state index < -0.39 is 6.61 Å². The number of carbonyl (C=O) groups excluding carboxylic acids is 1. The number of ether oxygens (including phenoxy) is 1. The van der Waals surface area contributed by atoms with Crippen LogP contribution in [0.15, 0.2) is 53.0 Å². The Balaban J connectivity index is 1.96. The molecule has 2 aromatic rings. The van der Waals surface area contributed by atoms with Gasteiger partial charge in [-0.1, -0.05) is 34.1 Å². The molecular formula is C17H16BrF2NO2. The van der Waals surface area contributed by atoms with Crippen molar-refractivity contribution in [2.24, 2.45) is 0 Å². The molecule has 1 amide bonds. The Labute approximate surface area is 141 Å². The molecule has 0 bridgehead atoms. The molecule has 0 aromatic heterocycles. The van der Waals surface area contributed by atoms with Crippen LogP contribution < -0.4 is 10.1 Å². The van der Waals surface area contributed by atoms with Crippen molar-refractivity contribution in [1.29, 1.82) is 0 Å². The van der Waals surface area contributed by atoms with Crippen LogP contribution in [0.25, 0.3) is 0 Å². The summed E-state index contributed by atoms with van der Waals surface area (Å²) in [4.78, 5) is 12.2. The number of benzene rings is 2. The highest BCUT2D eigenvalue weighted by Crippen LogP contribution is 2.16. The quantitative estimate of drug-likeness (QED) is 0.801. The molecule has 0 saturated carbocycles. The minimum absolute atomic E-state index is 0.0341. The van der Waals surface area contributed by atoms with Crippen molar-refractivity contribution in [1.82, 2.24) is 5.32 Å². The Kier molecular flexibility index (Phi) is 6.10. The van der Waals surface area contributed by atoms with E-state index in [0.29, 0.717) is 6.42 Å². The summed E-state index contributed by atoms with van der Waals surface area (Å²) in [6.45, 7) is -1.02. The molecule has 1 N–H and O–H groups in total. The molecular weight excluding hydrogens is 368 g/mol. The second kappa shape index (κ2) is 8.06. The van der Waals surface area contributed by atoms with E-state index >= 15 is 0 Å². The van der Waals surface area contributed by atoms with Crippen molar-refractivity contribution in [3.8, 4) is 5.75 Å². The predicted octanol–water partition coefficient (Wildman–Crippen LogP) is 4.41. The first-order valence-electron chi connectivity index (χ1n) is 7.04. The highest BCUT2D eigenvalue weighted by atomic mass is 79.9. The van der Waals surface area contributed by atoms with Crippen LogP contribution in [0.2, 0.25) is 0 Å². The largest absolute Gasteiger partial charge is 0.435 e. The third-order valence-electron chi connectivity index (χ3n) is 3.15. The van der Waals surface area contributed by atoms with Gasteiger partial charge in [0.1, 0.15) is 5.75 Å². The number of rotatable bonds is 6. The highest BCUT2D eigenvalue weighted by Gasteiger charge is 2.12. The molecule has 2 rings (SSSR count). The van der Waals surface area contributed by atoms with Crippen molar-refractivity contribution >= 4 is 21.8 Å². The van der Waals surface area contributed by atoms with Crippen molar-refractivity contribution in [3.05, 3.63) is 64.1 Å². The first-order chi connectivity index (χ1) is 10.9. The number of hydrogen-bond acceptors (Lipinski definition) is 2. The van der Waals surface area contributed by atoms with Crippen molar-refractivity contribution in [2.75, 3.05) is 0 Å². The molecule has 6 heteroatoms. The Morgan fingerprint density at radius 3 is 2.57 bits per heavy atom. The highest BCUT2D eigenvalue weighted by molar-refractivity contribution is 9.10. The second-order valence-electron chi connectivity index (χ2n) is 5.11. The number of halogens is 3. The number of amides is 1. The fourth-order valence-corrected chi connectivity index (χ4v) is 2.41. The molecule has 3 nitrogen and oxygen atoms in total. The van der Waals surface area contributed by atoms with Gasteiger partial charge in [0.05, 0.1) is 0 Å². The number of alkyl halides is 2. The molecule has 0 spiro atoms. The number of carbonyl (C=O) groups is 1. The van der Waals surface area contributed by atoms with Crippen LogP contribution in [0.4, 0.5) is 8.78 Å². The van der Waals surface area contributed by atoms with Gasteiger partial charge in [-0.3, -0.25) is 4.79 Å². The molecule has 0 aliphatic carbocycles. The van der Waals surface area contributed by atoms with Gasteiger partial charge in [0.25, 0.3) is 5.91 Å². The van der Waals surface area contributed by atoms with Crippen LogP contribution in [0.5, 0.6) is 5.75 Å². The molecule has 122 valence electrons. The summed E-state index contributed by atoms with van der Waals surface area (Å²) in [6, 6.07) is 13.5. The third kappa shape index (κ3) is 5.63. The minimum atomic E-state index is -2.91. The fraction of sp³-hybridized carbons (Fsp3) is 0.235. The van der Waals surface area contributed by atoms with Gasteiger partial charge in [0.15, 0.2) is 0 Å². The zero-order valence-electron chi connectivity index (χ0n) is 12.4. The van der Waals surface area contributed by atoms with E-state index in [4.69, 9.17) is 0 Å². The average molecular weight is 384 g/mol. The Morgan fingerprint density at radius 1 is 1.22 bits per heavy atom. The topological polar surface area (TPSA) is 38.3 Å². The van der Waals surface area contributed by atoms with Crippen molar-refractivity contribution in [3.63, 3.8) is 0 Å². The van der Waals surface area contributed by atoms with Crippen LogP contribution in [0.1, 0.15) is 22.8 Å². The molecule has 1 unspecified atom stereocenters. The summed E-state index contributed by atoms with van der Waals surface area (Å²) in [6.07, 6.45) is 0.673. The normalized spacial score (nSPS) is 12.0.